The molecule has 0 spiro atoms. The van der Waals surface area contributed by atoms with Gasteiger partial charge in [-0.2, -0.15) is 0 Å². The molecule has 4 nitrogen and oxygen atoms in total. The largest absolute Gasteiger partial charge is 0.462 e. The number of esters is 1. The number of carbonyl (C=O) groups excluding carboxylic acids is 1. The zero-order valence-electron chi connectivity index (χ0n) is 17.7. The first-order valence-corrected chi connectivity index (χ1v) is 11.5. The molecule has 0 unspecified atom stereocenters. The summed E-state index contributed by atoms with van der Waals surface area (Å²) >= 11 is 0. The minimum atomic E-state index is -0.655. The fraction of sp³-hybridized carbons (Fsp3) is 0.957. The lowest BCUT2D eigenvalue weighted by Gasteiger charge is -2.41. The molecule has 1 heterocycles. The normalized spacial score (nSPS) is 40.5. The van der Waals surface area contributed by atoms with Gasteiger partial charge in [-0.25, -0.2) is 0 Å². The van der Waals surface area contributed by atoms with E-state index in [0.717, 1.165) is 24.7 Å². The first-order valence-electron chi connectivity index (χ1n) is 11.5. The van der Waals surface area contributed by atoms with Crippen molar-refractivity contribution in [1.82, 2.24) is 0 Å². The molecule has 0 radical (unpaired) electrons. The third-order valence-electron chi connectivity index (χ3n) is 7.24. The zero-order valence-corrected chi connectivity index (χ0v) is 17.7. The van der Waals surface area contributed by atoms with Gasteiger partial charge in [0.05, 0.1) is 13.2 Å². The maximum absolute atomic E-state index is 12.8. The van der Waals surface area contributed by atoms with Gasteiger partial charge < -0.3 is 14.2 Å². The van der Waals surface area contributed by atoms with E-state index < -0.39 is 5.41 Å². The van der Waals surface area contributed by atoms with Crippen molar-refractivity contribution in [3.05, 3.63) is 0 Å². The van der Waals surface area contributed by atoms with Gasteiger partial charge in [0.1, 0.15) is 11.5 Å². The average molecular weight is 381 g/mol. The van der Waals surface area contributed by atoms with Gasteiger partial charge in [0, 0.05) is 5.92 Å². The third kappa shape index (κ3) is 5.47. The molecule has 0 aromatic rings. The lowest BCUT2D eigenvalue weighted by molar-refractivity contribution is -0.254. The quantitative estimate of drug-likeness (QED) is 0.572. The Labute approximate surface area is 165 Å². The van der Waals surface area contributed by atoms with Crippen molar-refractivity contribution in [2.75, 3.05) is 13.2 Å². The highest BCUT2D eigenvalue weighted by Crippen LogP contribution is 2.38. The van der Waals surface area contributed by atoms with E-state index >= 15 is 0 Å². The second kappa shape index (κ2) is 9.73. The van der Waals surface area contributed by atoms with Crippen LogP contribution in [0, 0.1) is 23.2 Å². The van der Waals surface area contributed by atoms with Gasteiger partial charge >= 0.3 is 5.97 Å². The highest BCUT2D eigenvalue weighted by atomic mass is 16.7. The molecule has 156 valence electrons. The van der Waals surface area contributed by atoms with E-state index in [1.807, 2.05) is 6.92 Å². The summed E-state index contributed by atoms with van der Waals surface area (Å²) in [7, 11) is 0. The van der Waals surface area contributed by atoms with E-state index in [0.29, 0.717) is 19.1 Å². The molecule has 2 aliphatic carbocycles. The summed E-state index contributed by atoms with van der Waals surface area (Å²) in [6.45, 7) is 7.31. The Morgan fingerprint density at radius 1 is 0.926 bits per heavy atom. The molecule has 0 aromatic carbocycles. The Morgan fingerprint density at radius 3 is 2.07 bits per heavy atom. The lowest BCUT2D eigenvalue weighted by atomic mass is 9.79. The van der Waals surface area contributed by atoms with Gasteiger partial charge in [-0.15, -0.1) is 0 Å². The molecule has 3 rings (SSSR count). The van der Waals surface area contributed by atoms with Crippen LogP contribution in [0.3, 0.4) is 0 Å². The molecule has 0 bridgehead atoms. The highest BCUT2D eigenvalue weighted by Gasteiger charge is 2.44. The molecule has 0 N–H and O–H groups in total. The minimum absolute atomic E-state index is 0.0868. The minimum Gasteiger partial charge on any atom is -0.462 e. The van der Waals surface area contributed by atoms with Crippen molar-refractivity contribution < 1.29 is 19.0 Å². The zero-order chi connectivity index (χ0) is 19.3. The predicted octanol–water partition coefficient (Wildman–Crippen LogP) is 5.48. The van der Waals surface area contributed by atoms with Crippen LogP contribution in [0.5, 0.6) is 0 Å². The summed E-state index contributed by atoms with van der Waals surface area (Å²) in [6.07, 6.45) is 13.2. The Morgan fingerprint density at radius 2 is 1.52 bits per heavy atom. The van der Waals surface area contributed by atoms with Gasteiger partial charge in [-0.1, -0.05) is 33.1 Å². The van der Waals surface area contributed by atoms with Crippen LogP contribution in [0.4, 0.5) is 0 Å². The van der Waals surface area contributed by atoms with Crippen LogP contribution in [0.1, 0.15) is 91.4 Å². The Bertz CT molecular complexity index is 453. The molecular weight excluding hydrogens is 340 g/mol. The first kappa shape index (κ1) is 21.1. The van der Waals surface area contributed by atoms with Gasteiger partial charge in [0.25, 0.3) is 0 Å². The number of rotatable bonds is 6. The second-order valence-corrected chi connectivity index (χ2v) is 9.58. The summed E-state index contributed by atoms with van der Waals surface area (Å²) in [5.74, 6) is 2.05. The molecule has 27 heavy (non-hydrogen) atoms. The van der Waals surface area contributed by atoms with E-state index in [2.05, 4.69) is 13.8 Å². The van der Waals surface area contributed by atoms with Crippen LogP contribution < -0.4 is 0 Å². The van der Waals surface area contributed by atoms with Gasteiger partial charge in [-0.3, -0.25) is 4.79 Å². The number of hydrogen-bond donors (Lipinski definition) is 0. The van der Waals surface area contributed by atoms with Crippen molar-refractivity contribution in [2.24, 2.45) is 23.2 Å². The van der Waals surface area contributed by atoms with Crippen molar-refractivity contribution in [3.8, 4) is 0 Å². The SMILES string of the molecule is CCCC1CCC(C2OCC(C)(C(=O)OC3CCC(CC)CC3)CO2)CC1. The number of carbonyl (C=O) groups is 1. The lowest BCUT2D eigenvalue weighted by Crippen LogP contribution is -2.49. The average Bonchev–Trinajstić information content (AvgIpc) is 2.70. The van der Waals surface area contributed by atoms with Crippen LogP contribution in [0.15, 0.2) is 0 Å². The van der Waals surface area contributed by atoms with Crippen LogP contribution in [0.25, 0.3) is 0 Å². The predicted molar refractivity (Wildman–Crippen MR) is 106 cm³/mol. The molecular formula is C23H40O4. The number of hydrogen-bond acceptors (Lipinski definition) is 4. The summed E-state index contributed by atoms with van der Waals surface area (Å²) in [6, 6.07) is 0. The molecule has 2 saturated carbocycles. The van der Waals surface area contributed by atoms with Crippen LogP contribution in [-0.2, 0) is 19.0 Å². The van der Waals surface area contributed by atoms with Crippen LogP contribution in [0.2, 0.25) is 0 Å². The summed E-state index contributed by atoms with van der Waals surface area (Å²) in [5.41, 5.74) is -0.655. The van der Waals surface area contributed by atoms with E-state index in [1.54, 1.807) is 0 Å². The third-order valence-corrected chi connectivity index (χ3v) is 7.24. The second-order valence-electron chi connectivity index (χ2n) is 9.58. The highest BCUT2D eigenvalue weighted by molar-refractivity contribution is 5.77. The maximum Gasteiger partial charge on any atom is 0.316 e. The smallest absolute Gasteiger partial charge is 0.316 e. The summed E-state index contributed by atoms with van der Waals surface area (Å²) in [5, 5.41) is 0. The molecule has 1 saturated heterocycles. The van der Waals surface area contributed by atoms with E-state index in [9.17, 15) is 4.79 Å². The van der Waals surface area contributed by atoms with E-state index in [1.165, 1.54) is 57.8 Å². The first-order chi connectivity index (χ1) is 13.0. The number of ether oxygens (including phenoxy) is 3. The van der Waals surface area contributed by atoms with Gasteiger partial charge in [-0.05, 0) is 70.1 Å². The summed E-state index contributed by atoms with van der Waals surface area (Å²) < 4.78 is 17.9. The van der Waals surface area contributed by atoms with Crippen molar-refractivity contribution in [1.29, 1.82) is 0 Å². The van der Waals surface area contributed by atoms with Crippen LogP contribution in [-0.4, -0.2) is 31.6 Å². The molecule has 3 aliphatic rings. The molecule has 0 atom stereocenters. The van der Waals surface area contributed by atoms with E-state index in [4.69, 9.17) is 14.2 Å². The fourth-order valence-corrected chi connectivity index (χ4v) is 5.12. The fourth-order valence-electron chi connectivity index (χ4n) is 5.12. The Hall–Kier alpha value is -0.610. The van der Waals surface area contributed by atoms with Gasteiger partial charge in [0.15, 0.2) is 6.29 Å². The monoisotopic (exact) mass is 380 g/mol. The molecule has 4 heteroatoms. The Kier molecular flexibility index (Phi) is 7.61. The topological polar surface area (TPSA) is 44.8 Å². The molecule has 0 amide bonds. The van der Waals surface area contributed by atoms with Crippen molar-refractivity contribution in [3.63, 3.8) is 0 Å². The van der Waals surface area contributed by atoms with Gasteiger partial charge in [0.2, 0.25) is 0 Å². The van der Waals surface area contributed by atoms with Crippen molar-refractivity contribution in [2.45, 2.75) is 104 Å². The van der Waals surface area contributed by atoms with Crippen molar-refractivity contribution >= 4 is 5.97 Å². The summed E-state index contributed by atoms with van der Waals surface area (Å²) in [4.78, 5) is 12.8. The van der Waals surface area contributed by atoms with Crippen LogP contribution >= 0.6 is 0 Å². The molecule has 3 fully saturated rings. The molecule has 1 aliphatic heterocycles. The Balaban J connectivity index is 1.41. The van der Waals surface area contributed by atoms with E-state index in [-0.39, 0.29) is 18.4 Å². The molecule has 0 aromatic heterocycles. The standard InChI is InChI=1S/C23H40O4/c1-4-6-18-7-11-19(12-8-18)21-25-15-23(3,16-26-21)22(24)27-20-13-9-17(5-2)10-14-20/h17-21H,4-16H2,1-3H3. The maximum atomic E-state index is 12.8.